The summed E-state index contributed by atoms with van der Waals surface area (Å²) in [5.41, 5.74) is 4.45. The Kier molecular flexibility index (Phi) is 21.1. The largest absolute Gasteiger partial charge is 1.00 e. The molecule has 8 bridgehead atoms. The van der Waals surface area contributed by atoms with Crippen LogP contribution in [0.5, 0.6) is 23.0 Å². The molecule has 0 spiro atoms. The molecular formula is C59H81F3KNO7S. The van der Waals surface area contributed by atoms with Crippen LogP contribution in [0, 0.1) is 0 Å². The van der Waals surface area contributed by atoms with Gasteiger partial charge in [0.15, 0.2) is 0 Å². The summed E-state index contributed by atoms with van der Waals surface area (Å²) in [4.78, 5) is 0. The minimum atomic E-state index is -6.12. The normalized spacial score (nSPS) is 13.9. The quantitative estimate of drug-likeness (QED) is 0.0419. The molecule has 1 aliphatic rings. The number of alkyl halides is 3. The summed E-state index contributed by atoms with van der Waals surface area (Å²) in [6.45, 7) is 32.9. The summed E-state index contributed by atoms with van der Waals surface area (Å²) in [5.74, 6) is 0.998. The first kappa shape index (κ1) is 61.5. The SMILES string of the molecule is CCCCOc1c2cc(C(C)(C)C)cc1Cc1cc(C(C)(C)C)cc(c1OCCCC)Cc1cc(C(C)(C)C)cc(c1OCC([O-])=NS(=O)(=O)C(F)(F)F)Cc1cc(C(C)(C)C)cc(c1OCCCC)C2.[K+]. The summed E-state index contributed by atoms with van der Waals surface area (Å²) in [6.07, 6.45) is 6.80. The summed E-state index contributed by atoms with van der Waals surface area (Å²) >= 11 is 0. The third-order valence-corrected chi connectivity index (χ3v) is 14.1. The average Bonchev–Trinajstić information content (AvgIpc) is 3.23. The van der Waals surface area contributed by atoms with Gasteiger partial charge in [0.05, 0.1) is 19.8 Å². The molecule has 0 atom stereocenters. The molecule has 72 heavy (non-hydrogen) atoms. The van der Waals surface area contributed by atoms with Gasteiger partial charge in [0.2, 0.25) is 0 Å². The van der Waals surface area contributed by atoms with Gasteiger partial charge in [-0.3, -0.25) is 0 Å². The van der Waals surface area contributed by atoms with Crippen molar-refractivity contribution < 1.29 is 97.0 Å². The van der Waals surface area contributed by atoms with E-state index in [1.807, 2.05) is 12.1 Å². The van der Waals surface area contributed by atoms with Gasteiger partial charge in [0.1, 0.15) is 29.6 Å². The first-order chi connectivity index (χ1) is 32.9. The number of sulfonamides is 1. The monoisotopic (exact) mass is 1040 g/mol. The molecule has 8 nitrogen and oxygen atoms in total. The maximum atomic E-state index is 13.5. The van der Waals surface area contributed by atoms with Crippen LogP contribution in [-0.2, 0) is 57.4 Å². The third kappa shape index (κ3) is 16.0. The molecule has 0 radical (unpaired) electrons. The fourth-order valence-corrected chi connectivity index (χ4v) is 9.09. The van der Waals surface area contributed by atoms with Gasteiger partial charge in [-0.2, -0.15) is 26.0 Å². The molecule has 0 unspecified atom stereocenters. The number of nitrogens with zero attached hydrogens (tertiary/aromatic N) is 1. The van der Waals surface area contributed by atoms with Gasteiger partial charge in [-0.1, -0.05) is 172 Å². The van der Waals surface area contributed by atoms with E-state index in [1.54, 1.807) is 0 Å². The topological polar surface area (TPSA) is 106 Å². The van der Waals surface area contributed by atoms with Crippen molar-refractivity contribution in [2.24, 2.45) is 4.40 Å². The van der Waals surface area contributed by atoms with E-state index in [9.17, 15) is 26.7 Å². The smallest absolute Gasteiger partial charge is 0.859 e. The van der Waals surface area contributed by atoms with Crippen LogP contribution in [0.1, 0.15) is 209 Å². The molecule has 0 N–H and O–H groups in total. The van der Waals surface area contributed by atoms with E-state index >= 15 is 0 Å². The second kappa shape index (κ2) is 24.7. The minimum absolute atomic E-state index is 0. The summed E-state index contributed by atoms with van der Waals surface area (Å²) < 4.78 is 94.7. The van der Waals surface area contributed by atoms with Crippen molar-refractivity contribution in [3.63, 3.8) is 0 Å². The number of hydrogen-bond donors (Lipinski definition) is 0. The fourth-order valence-electron chi connectivity index (χ4n) is 8.66. The van der Waals surface area contributed by atoms with Gasteiger partial charge in [-0.15, -0.1) is 0 Å². The third-order valence-electron chi connectivity index (χ3n) is 13.0. The number of rotatable bonds is 16. The Morgan fingerprint density at radius 3 is 0.889 bits per heavy atom. The molecule has 13 heteroatoms. The molecule has 4 aromatic carbocycles. The average molecular weight is 1040 g/mol. The number of hydrogen-bond acceptors (Lipinski definition) is 7. The molecule has 0 amide bonds. The second-order valence-corrected chi connectivity index (χ2v) is 25.1. The first-order valence-electron chi connectivity index (χ1n) is 25.6. The first-order valence-corrected chi connectivity index (χ1v) is 27.0. The standard InChI is InChI=1S/C59H82F3NO7S.K/c1-16-19-22-67-51-38-25-40-31-47(56(7,8)9)33-42(52(40)68-23-20-17-2)27-44-35-49(58(13,14)15)36-45(54(44)70-37-50(64)63-71(65,66)59(60,61)62)28-43-34-48(57(10,11)12)32-41(53(43)69-24-21-18-3)26-39(51)30-46(29-38)55(4,5)6;/h29-36H,16-28,37H2,1-15H3,(H,63,64);/q;+1/p-1. The molecule has 1 aliphatic carbocycles. The molecule has 0 fully saturated rings. The van der Waals surface area contributed by atoms with Gasteiger partial charge in [0.25, 0.3) is 0 Å². The van der Waals surface area contributed by atoms with Gasteiger partial charge < -0.3 is 24.1 Å². The maximum absolute atomic E-state index is 13.5. The van der Waals surface area contributed by atoms with Crippen molar-refractivity contribution in [3.05, 3.63) is 115 Å². The van der Waals surface area contributed by atoms with Crippen LogP contribution in [0.15, 0.2) is 52.9 Å². The van der Waals surface area contributed by atoms with Crippen LogP contribution in [-0.4, -0.2) is 46.3 Å². The van der Waals surface area contributed by atoms with Crippen molar-refractivity contribution in [1.29, 1.82) is 0 Å². The number of unbranched alkanes of at least 4 members (excludes halogenated alkanes) is 3. The molecule has 0 aromatic heterocycles. The molecule has 5 rings (SSSR count). The molecular weight excluding hydrogens is 963 g/mol. The molecule has 392 valence electrons. The van der Waals surface area contributed by atoms with Crippen LogP contribution < -0.4 is 75.4 Å². The zero-order valence-corrected chi connectivity index (χ0v) is 50.3. The van der Waals surface area contributed by atoms with E-state index < -0.39 is 33.5 Å². The molecule has 0 saturated heterocycles. The van der Waals surface area contributed by atoms with E-state index in [2.05, 4.69) is 145 Å². The zero-order chi connectivity index (χ0) is 52.9. The molecule has 0 heterocycles. The van der Waals surface area contributed by atoms with Crippen LogP contribution in [0.25, 0.3) is 0 Å². The van der Waals surface area contributed by atoms with E-state index in [0.717, 1.165) is 106 Å². The van der Waals surface area contributed by atoms with E-state index in [4.69, 9.17) is 18.9 Å². The Morgan fingerprint density at radius 2 is 0.694 bits per heavy atom. The van der Waals surface area contributed by atoms with Crippen molar-refractivity contribution in [2.45, 2.75) is 195 Å². The Hall–Kier alpha value is -3.07. The van der Waals surface area contributed by atoms with Crippen LogP contribution in [0.4, 0.5) is 13.2 Å². The van der Waals surface area contributed by atoms with Gasteiger partial charge in [0, 0.05) is 31.6 Å². The zero-order valence-electron chi connectivity index (χ0n) is 46.4. The summed E-state index contributed by atoms with van der Waals surface area (Å²) in [5, 5.41) is 13.2. The van der Waals surface area contributed by atoms with Gasteiger partial charge >= 0.3 is 66.9 Å². The number of halogens is 3. The van der Waals surface area contributed by atoms with E-state index in [-0.39, 0.29) is 86.2 Å². The summed E-state index contributed by atoms with van der Waals surface area (Å²) in [7, 11) is -6.12. The Morgan fingerprint density at radius 1 is 0.472 bits per heavy atom. The Bertz CT molecular complexity index is 2520. The van der Waals surface area contributed by atoms with Gasteiger partial charge in [-0.05, 0) is 108 Å². The van der Waals surface area contributed by atoms with Crippen molar-refractivity contribution in [1.82, 2.24) is 0 Å². The van der Waals surface area contributed by atoms with E-state index in [0.29, 0.717) is 43.8 Å². The van der Waals surface area contributed by atoms with Crippen LogP contribution >= 0.6 is 0 Å². The Labute approximate surface area is 473 Å². The number of fused-ring (bicyclic) bond motifs is 8. The second-order valence-electron chi connectivity index (χ2n) is 23.5. The van der Waals surface area contributed by atoms with Gasteiger partial charge in [-0.25, -0.2) is 0 Å². The predicted molar refractivity (Wildman–Crippen MR) is 281 cm³/mol. The number of benzene rings is 4. The van der Waals surface area contributed by atoms with Crippen molar-refractivity contribution >= 4 is 15.9 Å². The van der Waals surface area contributed by atoms with Crippen molar-refractivity contribution in [2.75, 3.05) is 26.4 Å². The predicted octanol–water partition coefficient (Wildman–Crippen LogP) is 11.1. The van der Waals surface area contributed by atoms with E-state index in [1.165, 1.54) is 5.56 Å². The molecule has 0 aliphatic heterocycles. The van der Waals surface area contributed by atoms with Crippen LogP contribution in [0.3, 0.4) is 0 Å². The van der Waals surface area contributed by atoms with Crippen LogP contribution in [0.2, 0.25) is 0 Å². The molecule has 4 aromatic rings. The molecule has 0 saturated carbocycles. The minimum Gasteiger partial charge on any atom is -0.859 e. The Balaban J connectivity index is 0.0000112. The maximum Gasteiger partial charge on any atom is 1.00 e. The number of ether oxygens (including phenoxy) is 4. The fraction of sp³-hybridized carbons (Fsp3) is 0.576. The van der Waals surface area contributed by atoms with Crippen molar-refractivity contribution in [3.8, 4) is 23.0 Å². The summed E-state index contributed by atoms with van der Waals surface area (Å²) in [6, 6.07) is 17.5.